The molecule has 0 fully saturated rings. The summed E-state index contributed by atoms with van der Waals surface area (Å²) < 4.78 is 23.7. The third kappa shape index (κ3) is 6.35. The second-order valence-corrected chi connectivity index (χ2v) is 11.0. The summed E-state index contributed by atoms with van der Waals surface area (Å²) in [4.78, 5) is 43.6. The van der Waals surface area contributed by atoms with E-state index in [-0.39, 0.29) is 69.0 Å². The first-order chi connectivity index (χ1) is 22.2. The third-order valence-corrected chi connectivity index (χ3v) is 8.16. The maximum Gasteiger partial charge on any atom is 0.338 e. The topological polar surface area (TPSA) is 152 Å². The number of carbonyl (C=O) groups excluding carboxylic acids is 1. The van der Waals surface area contributed by atoms with Crippen LogP contribution in [0.3, 0.4) is 0 Å². The molecular formula is C33H31N3O9S. The first-order valence-corrected chi connectivity index (χ1v) is 15.2. The van der Waals surface area contributed by atoms with Gasteiger partial charge in [0.05, 0.1) is 47.0 Å². The molecule has 13 heteroatoms. The Morgan fingerprint density at radius 2 is 1.80 bits per heavy atom. The average molecular weight is 646 g/mol. The van der Waals surface area contributed by atoms with Crippen molar-refractivity contribution in [2.45, 2.75) is 33.4 Å². The molecular weight excluding hydrogens is 614 g/mol. The molecule has 2 heterocycles. The lowest BCUT2D eigenvalue weighted by Gasteiger charge is -2.22. The number of nitro groups is 1. The lowest BCUT2D eigenvalue weighted by molar-refractivity contribution is -0.385. The Hall–Kier alpha value is -5.43. The van der Waals surface area contributed by atoms with Gasteiger partial charge in [0.1, 0.15) is 12.6 Å². The Balaban J connectivity index is 1.66. The van der Waals surface area contributed by atoms with Gasteiger partial charge in [-0.3, -0.25) is 19.5 Å². The monoisotopic (exact) mass is 645 g/mol. The molecule has 0 spiro atoms. The predicted molar refractivity (Wildman–Crippen MR) is 171 cm³/mol. The minimum atomic E-state index is -0.876. The number of rotatable bonds is 11. The molecule has 0 amide bonds. The van der Waals surface area contributed by atoms with Crippen LogP contribution in [-0.2, 0) is 16.1 Å². The highest BCUT2D eigenvalue weighted by Crippen LogP contribution is 2.38. The number of fused-ring (bicyclic) bond motifs is 1. The van der Waals surface area contributed by atoms with Crippen molar-refractivity contribution in [2.24, 2.45) is 4.99 Å². The van der Waals surface area contributed by atoms with Crippen LogP contribution in [0.25, 0.3) is 11.8 Å². The summed E-state index contributed by atoms with van der Waals surface area (Å²) >= 11 is 1.02. The van der Waals surface area contributed by atoms with Crippen LogP contribution in [0.5, 0.6) is 23.0 Å². The van der Waals surface area contributed by atoms with Crippen LogP contribution < -0.4 is 29.1 Å². The summed E-state index contributed by atoms with van der Waals surface area (Å²) in [6.07, 6.45) is 1.41. The molecule has 1 atom stereocenters. The van der Waals surface area contributed by atoms with E-state index in [1.165, 1.54) is 36.0 Å². The first-order valence-electron chi connectivity index (χ1n) is 14.3. The number of esters is 1. The number of phenols is 1. The molecule has 0 saturated heterocycles. The van der Waals surface area contributed by atoms with E-state index in [4.69, 9.17) is 23.9 Å². The van der Waals surface area contributed by atoms with Crippen molar-refractivity contribution in [2.75, 3.05) is 20.3 Å². The Morgan fingerprint density at radius 1 is 1.07 bits per heavy atom. The van der Waals surface area contributed by atoms with E-state index < -0.39 is 22.5 Å². The highest BCUT2D eigenvalue weighted by Gasteiger charge is 2.32. The van der Waals surface area contributed by atoms with E-state index in [0.29, 0.717) is 11.3 Å². The van der Waals surface area contributed by atoms with E-state index in [9.17, 15) is 24.8 Å². The van der Waals surface area contributed by atoms with Gasteiger partial charge in [-0.05, 0) is 56.2 Å². The molecule has 1 aliphatic heterocycles. The molecule has 1 aliphatic rings. The fourth-order valence-electron chi connectivity index (χ4n) is 5.02. The number of nitro benzene ring substituents is 1. The van der Waals surface area contributed by atoms with E-state index in [1.807, 2.05) is 30.3 Å². The Bertz CT molecular complexity index is 2020. The van der Waals surface area contributed by atoms with Crippen LogP contribution in [0, 0.1) is 10.1 Å². The first kappa shape index (κ1) is 32.0. The second-order valence-electron chi connectivity index (χ2n) is 10.0. The van der Waals surface area contributed by atoms with E-state index >= 15 is 0 Å². The summed E-state index contributed by atoms with van der Waals surface area (Å²) in [6.45, 7) is 5.61. The van der Waals surface area contributed by atoms with Crippen LogP contribution in [0.1, 0.15) is 43.5 Å². The van der Waals surface area contributed by atoms with E-state index in [0.717, 1.165) is 16.9 Å². The van der Waals surface area contributed by atoms with Crippen LogP contribution in [0.2, 0.25) is 0 Å². The van der Waals surface area contributed by atoms with Crippen molar-refractivity contribution < 1.29 is 33.8 Å². The number of aromatic hydroxyl groups is 1. The second kappa shape index (κ2) is 13.7. The minimum absolute atomic E-state index is 0.0881. The van der Waals surface area contributed by atoms with E-state index in [1.54, 1.807) is 32.9 Å². The van der Waals surface area contributed by atoms with Gasteiger partial charge in [-0.25, -0.2) is 9.79 Å². The summed E-state index contributed by atoms with van der Waals surface area (Å²) in [5, 5.41) is 22.3. The molecule has 3 aromatic carbocycles. The zero-order chi connectivity index (χ0) is 33.0. The van der Waals surface area contributed by atoms with Crippen molar-refractivity contribution >= 4 is 34.8 Å². The van der Waals surface area contributed by atoms with Gasteiger partial charge in [0.2, 0.25) is 0 Å². The van der Waals surface area contributed by atoms with Crippen LogP contribution in [0.4, 0.5) is 5.69 Å². The zero-order valence-electron chi connectivity index (χ0n) is 25.5. The number of allylic oxidation sites excluding steroid dienone is 1. The minimum Gasteiger partial charge on any atom is -0.504 e. The lowest BCUT2D eigenvalue weighted by Crippen LogP contribution is -2.35. The Kier molecular flexibility index (Phi) is 9.52. The van der Waals surface area contributed by atoms with Crippen molar-refractivity contribution in [1.29, 1.82) is 0 Å². The molecule has 0 unspecified atom stereocenters. The highest BCUT2D eigenvalue weighted by atomic mass is 32.1. The summed E-state index contributed by atoms with van der Waals surface area (Å²) in [6, 6.07) is 15.8. The number of hydrogen-bond acceptors (Lipinski definition) is 11. The quantitative estimate of drug-likeness (QED) is 0.141. The van der Waals surface area contributed by atoms with E-state index in [2.05, 4.69) is 0 Å². The van der Waals surface area contributed by atoms with Gasteiger partial charge in [0.15, 0.2) is 27.8 Å². The van der Waals surface area contributed by atoms with Crippen molar-refractivity contribution in [3.63, 3.8) is 0 Å². The molecule has 0 bridgehead atoms. The predicted octanol–water partition coefficient (Wildman–Crippen LogP) is 4.51. The number of hydrogen-bond donors (Lipinski definition) is 1. The maximum absolute atomic E-state index is 13.8. The van der Waals surface area contributed by atoms with Gasteiger partial charge < -0.3 is 24.1 Å². The smallest absolute Gasteiger partial charge is 0.338 e. The SMILES string of the molecule is CCOC(=O)C1=C(C)n2c(s/c(=C\c3cc(OCC)c(OCc4ccccc4)cc3[N+](=O)[O-])c2=O)=N[C@H]1c1ccc(O)c(OC)c1. The number of methoxy groups -OCH3 is 1. The van der Waals surface area contributed by atoms with Crippen LogP contribution in [0.15, 0.2) is 76.0 Å². The molecule has 1 N–H and O–H groups in total. The summed E-state index contributed by atoms with van der Waals surface area (Å²) in [7, 11) is 1.40. The van der Waals surface area contributed by atoms with Crippen LogP contribution in [-0.4, -0.2) is 40.9 Å². The Morgan fingerprint density at radius 3 is 2.48 bits per heavy atom. The zero-order valence-corrected chi connectivity index (χ0v) is 26.3. The number of nitrogens with zero attached hydrogens (tertiary/aromatic N) is 3. The van der Waals surface area contributed by atoms with Gasteiger partial charge in [-0.2, -0.15) is 0 Å². The van der Waals surface area contributed by atoms with Crippen LogP contribution >= 0.6 is 11.3 Å². The van der Waals surface area contributed by atoms with Crippen molar-refractivity contribution in [3.05, 3.63) is 113 Å². The lowest BCUT2D eigenvalue weighted by atomic mass is 9.96. The van der Waals surface area contributed by atoms with Gasteiger partial charge in [0, 0.05) is 5.70 Å². The number of benzene rings is 3. The number of carbonyl (C=O) groups is 1. The third-order valence-electron chi connectivity index (χ3n) is 7.17. The molecule has 4 aromatic rings. The van der Waals surface area contributed by atoms with Gasteiger partial charge in [-0.15, -0.1) is 0 Å². The number of thiazole rings is 1. The molecule has 12 nitrogen and oxygen atoms in total. The average Bonchev–Trinajstić information content (AvgIpc) is 3.35. The molecule has 0 aliphatic carbocycles. The largest absolute Gasteiger partial charge is 0.504 e. The highest BCUT2D eigenvalue weighted by molar-refractivity contribution is 7.07. The number of phenolic OH excluding ortho intramolecular Hbond substituents is 1. The normalized spacial score (nSPS) is 14.3. The molecule has 238 valence electrons. The molecule has 5 rings (SSSR count). The van der Waals surface area contributed by atoms with Gasteiger partial charge >= 0.3 is 5.97 Å². The van der Waals surface area contributed by atoms with Crippen molar-refractivity contribution in [3.8, 4) is 23.0 Å². The molecule has 0 radical (unpaired) electrons. The van der Waals surface area contributed by atoms with Gasteiger partial charge in [-0.1, -0.05) is 47.7 Å². The maximum atomic E-state index is 13.8. The van der Waals surface area contributed by atoms with Gasteiger partial charge in [0.25, 0.3) is 11.2 Å². The summed E-state index contributed by atoms with van der Waals surface area (Å²) in [5.41, 5.74) is 1.17. The Labute approximate surface area is 267 Å². The number of ether oxygens (including phenoxy) is 4. The molecule has 0 saturated carbocycles. The molecule has 1 aromatic heterocycles. The fraction of sp³-hybridized carbons (Fsp3) is 0.242. The van der Waals surface area contributed by atoms with Crippen molar-refractivity contribution in [1.82, 2.24) is 4.57 Å². The standard InChI is InChI=1S/C33H31N3O9S/c1-5-43-26-15-22(23(36(40)41)17-27(26)45-18-20-10-8-7-9-11-20)16-28-31(38)35-19(3)29(32(39)44-6-2)30(34-33(35)46-28)21-12-13-24(37)25(14-21)42-4/h7-17,30,37H,5-6,18H2,1-4H3/b28-16-/t30-/m0/s1. The summed E-state index contributed by atoms with van der Waals surface area (Å²) in [5.74, 6) is -0.0847. The fourth-order valence-corrected chi connectivity index (χ4v) is 6.05. The molecule has 46 heavy (non-hydrogen) atoms. The number of aromatic nitrogens is 1.